The Kier molecular flexibility index (Phi) is 9.00. The Morgan fingerprint density at radius 2 is 1.69 bits per heavy atom. The Bertz CT molecular complexity index is 1620. The zero-order valence-electron chi connectivity index (χ0n) is 24.0. The van der Waals surface area contributed by atoms with Gasteiger partial charge in [-0.05, 0) is 54.8 Å². The summed E-state index contributed by atoms with van der Waals surface area (Å²) in [6.07, 6.45) is 2.56. The number of nitriles is 1. The van der Waals surface area contributed by atoms with Crippen molar-refractivity contribution in [3.05, 3.63) is 92.1 Å². The number of methoxy groups -OCH3 is 1. The first-order valence-electron chi connectivity index (χ1n) is 14.0. The number of para-hydroxylation sites is 1. The molecule has 2 aromatic carbocycles. The number of hydrogen-bond donors (Lipinski definition) is 0. The normalized spacial score (nSPS) is 16.3. The first-order chi connectivity index (χ1) is 20.4. The molecule has 1 aromatic heterocycles. The fourth-order valence-corrected chi connectivity index (χ4v) is 6.65. The van der Waals surface area contributed by atoms with Gasteiger partial charge in [0.1, 0.15) is 27.5 Å². The molecule has 0 atom stereocenters. The van der Waals surface area contributed by atoms with Gasteiger partial charge in [-0.3, -0.25) is 19.1 Å². The molecule has 0 unspecified atom stereocenters. The molecule has 1 amide bonds. The zero-order valence-corrected chi connectivity index (χ0v) is 25.6. The molecular formula is C32H33N5O3S2. The molecule has 2 saturated heterocycles. The molecule has 3 heterocycles. The van der Waals surface area contributed by atoms with Gasteiger partial charge < -0.3 is 14.5 Å². The van der Waals surface area contributed by atoms with E-state index in [2.05, 4.69) is 28.0 Å². The molecule has 0 aliphatic carbocycles. The molecule has 2 fully saturated rings. The van der Waals surface area contributed by atoms with E-state index in [0.29, 0.717) is 41.0 Å². The summed E-state index contributed by atoms with van der Waals surface area (Å²) in [5.74, 6) is 1.31. The van der Waals surface area contributed by atoms with E-state index in [0.717, 1.165) is 42.2 Å². The third-order valence-electron chi connectivity index (χ3n) is 7.64. The van der Waals surface area contributed by atoms with Gasteiger partial charge in [0.25, 0.3) is 11.5 Å². The molecule has 0 saturated carbocycles. The Balaban J connectivity index is 1.52. The highest BCUT2D eigenvalue weighted by atomic mass is 32.2. The number of benzene rings is 2. The predicted molar refractivity (Wildman–Crippen MR) is 173 cm³/mol. The molecule has 3 aromatic rings. The van der Waals surface area contributed by atoms with Crippen LogP contribution in [0.5, 0.6) is 5.75 Å². The summed E-state index contributed by atoms with van der Waals surface area (Å²) in [4.78, 5) is 33.8. The number of carbonyl (C=O) groups is 1. The van der Waals surface area contributed by atoms with Crippen molar-refractivity contribution in [3.8, 4) is 11.8 Å². The Morgan fingerprint density at radius 3 is 2.31 bits per heavy atom. The van der Waals surface area contributed by atoms with Crippen molar-refractivity contribution in [3.63, 3.8) is 0 Å². The number of thioether (sulfide) groups is 1. The minimum absolute atomic E-state index is 0.107. The second kappa shape index (κ2) is 12.8. The summed E-state index contributed by atoms with van der Waals surface area (Å²) in [6, 6.07) is 20.0. The molecular weight excluding hydrogens is 567 g/mol. The number of piperazine rings is 1. The number of ether oxygens (including phenoxy) is 1. The molecule has 0 spiro atoms. The van der Waals surface area contributed by atoms with Gasteiger partial charge in [-0.15, -0.1) is 0 Å². The molecule has 0 radical (unpaired) electrons. The van der Waals surface area contributed by atoms with E-state index in [4.69, 9.17) is 17.0 Å². The Morgan fingerprint density at radius 1 is 1.02 bits per heavy atom. The van der Waals surface area contributed by atoms with Crippen LogP contribution in [-0.2, 0) is 17.9 Å². The van der Waals surface area contributed by atoms with E-state index in [-0.39, 0.29) is 17.0 Å². The minimum atomic E-state index is -0.290. The summed E-state index contributed by atoms with van der Waals surface area (Å²) < 4.78 is 7.43. The van der Waals surface area contributed by atoms with Gasteiger partial charge >= 0.3 is 0 Å². The molecule has 0 N–H and O–H groups in total. The lowest BCUT2D eigenvalue weighted by Crippen LogP contribution is -2.48. The average molecular weight is 600 g/mol. The van der Waals surface area contributed by atoms with E-state index >= 15 is 0 Å². The van der Waals surface area contributed by atoms with Crippen LogP contribution in [0.3, 0.4) is 0 Å². The number of amides is 1. The summed E-state index contributed by atoms with van der Waals surface area (Å²) in [5.41, 5.74) is 3.22. The van der Waals surface area contributed by atoms with Crippen LogP contribution in [0.2, 0.25) is 0 Å². The van der Waals surface area contributed by atoms with Crippen molar-refractivity contribution >= 4 is 51.8 Å². The predicted octanol–water partition coefficient (Wildman–Crippen LogP) is 5.18. The van der Waals surface area contributed by atoms with Crippen LogP contribution >= 0.6 is 24.0 Å². The van der Waals surface area contributed by atoms with Gasteiger partial charge in [0.05, 0.1) is 18.6 Å². The Hall–Kier alpha value is -4.07. The van der Waals surface area contributed by atoms with Crippen molar-refractivity contribution in [1.82, 2.24) is 9.47 Å². The van der Waals surface area contributed by atoms with Crippen LogP contribution < -0.4 is 20.1 Å². The Labute approximate surface area is 255 Å². The highest BCUT2D eigenvalue weighted by Gasteiger charge is 2.34. The second-order valence-corrected chi connectivity index (χ2v) is 11.9. The van der Waals surface area contributed by atoms with E-state index < -0.39 is 0 Å². The van der Waals surface area contributed by atoms with Crippen LogP contribution in [0.15, 0.2) is 64.3 Å². The van der Waals surface area contributed by atoms with Gasteiger partial charge in [-0.25, -0.2) is 0 Å². The lowest BCUT2D eigenvalue weighted by Gasteiger charge is -2.39. The fraction of sp³-hybridized carbons (Fsp3) is 0.312. The van der Waals surface area contributed by atoms with E-state index in [1.165, 1.54) is 17.4 Å². The maximum absolute atomic E-state index is 13.6. The lowest BCUT2D eigenvalue weighted by molar-refractivity contribution is -0.122. The van der Waals surface area contributed by atoms with E-state index in [1.807, 2.05) is 55.5 Å². The topological polar surface area (TPSA) is 81.8 Å². The molecule has 5 rings (SSSR count). The lowest BCUT2D eigenvalue weighted by atomic mass is 10.0. The standard InChI is InChI=1S/C32H33N5O3S2/c1-4-14-36-29(35-17-15-34(16-18-35)24-8-6-5-7-9-24)26(22(2)27(20-33)30(36)38)19-28-31(39)37(32(41)42-28)21-23-10-12-25(40-3)13-11-23/h5-13,19H,4,14-18,21H2,1-3H3. The first kappa shape index (κ1) is 29.4. The van der Waals surface area contributed by atoms with E-state index in [9.17, 15) is 14.9 Å². The van der Waals surface area contributed by atoms with Crippen LogP contribution in [0.25, 0.3) is 6.08 Å². The average Bonchev–Trinajstić information content (AvgIpc) is 3.28. The number of aromatic nitrogens is 1. The molecule has 42 heavy (non-hydrogen) atoms. The number of hydrogen-bond acceptors (Lipinski definition) is 8. The van der Waals surface area contributed by atoms with Gasteiger partial charge in [-0.2, -0.15) is 5.26 Å². The van der Waals surface area contributed by atoms with Crippen LogP contribution in [0.4, 0.5) is 11.5 Å². The number of thiocarbonyl (C=S) groups is 1. The summed E-state index contributed by atoms with van der Waals surface area (Å²) in [5, 5.41) is 9.96. The smallest absolute Gasteiger partial charge is 0.270 e. The highest BCUT2D eigenvalue weighted by molar-refractivity contribution is 8.26. The molecule has 10 heteroatoms. The third-order valence-corrected chi connectivity index (χ3v) is 9.02. The summed E-state index contributed by atoms with van der Waals surface area (Å²) >= 11 is 6.87. The second-order valence-electron chi connectivity index (χ2n) is 10.2. The van der Waals surface area contributed by atoms with Crippen molar-refractivity contribution in [1.29, 1.82) is 5.26 Å². The molecule has 2 aliphatic heterocycles. The molecule has 216 valence electrons. The monoisotopic (exact) mass is 599 g/mol. The maximum Gasteiger partial charge on any atom is 0.270 e. The third kappa shape index (κ3) is 5.80. The quantitative estimate of drug-likeness (QED) is 0.259. The first-order valence-corrected chi connectivity index (χ1v) is 15.2. The van der Waals surface area contributed by atoms with Crippen LogP contribution in [0.1, 0.15) is 35.6 Å². The van der Waals surface area contributed by atoms with Gasteiger partial charge in [0.2, 0.25) is 0 Å². The van der Waals surface area contributed by atoms with Crippen molar-refractivity contribution in [2.75, 3.05) is 43.1 Å². The summed E-state index contributed by atoms with van der Waals surface area (Å²) in [6.45, 7) is 7.59. The number of rotatable bonds is 8. The largest absolute Gasteiger partial charge is 0.497 e. The van der Waals surface area contributed by atoms with Gasteiger partial charge in [0, 0.05) is 44.0 Å². The molecule has 0 bridgehead atoms. The van der Waals surface area contributed by atoms with Crippen LogP contribution in [0, 0.1) is 18.3 Å². The minimum Gasteiger partial charge on any atom is -0.497 e. The van der Waals surface area contributed by atoms with Crippen molar-refractivity contribution in [2.45, 2.75) is 33.4 Å². The number of carbonyl (C=O) groups excluding carboxylic acids is 1. The number of anilines is 2. The number of nitrogens with zero attached hydrogens (tertiary/aromatic N) is 5. The van der Waals surface area contributed by atoms with Crippen molar-refractivity contribution < 1.29 is 9.53 Å². The molecule has 8 nitrogen and oxygen atoms in total. The molecule has 2 aliphatic rings. The number of pyridine rings is 1. The van der Waals surface area contributed by atoms with Crippen molar-refractivity contribution in [2.24, 2.45) is 0 Å². The zero-order chi connectivity index (χ0) is 29.8. The fourth-order valence-electron chi connectivity index (χ4n) is 5.41. The maximum atomic E-state index is 13.6. The van der Waals surface area contributed by atoms with Gasteiger partial charge in [0.15, 0.2) is 0 Å². The van der Waals surface area contributed by atoms with Gasteiger partial charge in [-0.1, -0.05) is 61.2 Å². The van der Waals surface area contributed by atoms with Crippen LogP contribution in [-0.4, -0.2) is 53.0 Å². The SMILES string of the molecule is CCCn1c(N2CCN(c3ccccc3)CC2)c(C=C2SC(=S)N(Cc3ccc(OC)cc3)C2=O)c(C)c(C#N)c1=O. The van der Waals surface area contributed by atoms with E-state index in [1.54, 1.807) is 23.5 Å². The highest BCUT2D eigenvalue weighted by Crippen LogP contribution is 2.37. The summed E-state index contributed by atoms with van der Waals surface area (Å²) in [7, 11) is 1.61.